The van der Waals surface area contributed by atoms with Crippen molar-refractivity contribution in [2.75, 3.05) is 19.6 Å². The summed E-state index contributed by atoms with van der Waals surface area (Å²) in [5.41, 5.74) is 0. The number of nitrogens with zero attached hydrogens (tertiary/aromatic N) is 1. The third-order valence-corrected chi connectivity index (χ3v) is 4.67. The Kier molecular flexibility index (Phi) is 11.5. The van der Waals surface area contributed by atoms with Crippen LogP contribution in [0.5, 0.6) is 0 Å². The second-order valence-corrected chi connectivity index (χ2v) is 6.93. The smallest absolute Gasteiger partial charge is 0.220 e. The van der Waals surface area contributed by atoms with Crippen LogP contribution in [0, 0.1) is 5.92 Å². The second kappa shape index (κ2) is 12.8. The van der Waals surface area contributed by atoms with Gasteiger partial charge in [0.15, 0.2) is 5.96 Å². The molecule has 2 aliphatic rings. The Morgan fingerprint density at radius 2 is 1.83 bits per heavy atom. The summed E-state index contributed by atoms with van der Waals surface area (Å²) in [6, 6.07) is 0.463. The molecule has 3 N–H and O–H groups in total. The highest BCUT2D eigenvalue weighted by molar-refractivity contribution is 14.0. The molecule has 2 rings (SSSR count). The molecule has 24 heavy (non-hydrogen) atoms. The molecule has 0 atom stereocenters. The van der Waals surface area contributed by atoms with E-state index in [-0.39, 0.29) is 29.9 Å². The zero-order valence-corrected chi connectivity index (χ0v) is 17.4. The highest BCUT2D eigenvalue weighted by atomic mass is 127. The fourth-order valence-corrected chi connectivity index (χ4v) is 3.20. The van der Waals surface area contributed by atoms with Crippen LogP contribution in [0.4, 0.5) is 0 Å². The first-order chi connectivity index (χ1) is 11.3. The minimum absolute atomic E-state index is 0. The summed E-state index contributed by atoms with van der Waals surface area (Å²) in [6.45, 7) is 4.65. The maximum absolute atomic E-state index is 11.6. The summed E-state index contributed by atoms with van der Waals surface area (Å²) in [4.78, 5) is 16.2. The van der Waals surface area contributed by atoms with Gasteiger partial charge in [-0.3, -0.25) is 9.79 Å². The third-order valence-electron chi connectivity index (χ3n) is 4.67. The van der Waals surface area contributed by atoms with Gasteiger partial charge in [0, 0.05) is 32.1 Å². The first-order valence-corrected chi connectivity index (χ1v) is 9.59. The van der Waals surface area contributed by atoms with Crippen molar-refractivity contribution in [3.63, 3.8) is 0 Å². The first kappa shape index (κ1) is 21.5. The Bertz CT molecular complexity index is 379. The van der Waals surface area contributed by atoms with Crippen LogP contribution in [0.3, 0.4) is 0 Å². The Hall–Kier alpha value is -0.530. The van der Waals surface area contributed by atoms with Crippen LogP contribution >= 0.6 is 24.0 Å². The fourth-order valence-electron chi connectivity index (χ4n) is 3.20. The quantitative estimate of drug-likeness (QED) is 0.207. The molecule has 1 amide bonds. The molecule has 5 nitrogen and oxygen atoms in total. The molecule has 0 aromatic heterocycles. The van der Waals surface area contributed by atoms with Gasteiger partial charge in [-0.2, -0.15) is 0 Å². The SMILES string of the molecule is CCNC(=NCCCC(=O)NC1CC1)NCCCC1CCCC1.I. The lowest BCUT2D eigenvalue weighted by Gasteiger charge is -2.13. The van der Waals surface area contributed by atoms with E-state index in [9.17, 15) is 4.79 Å². The summed E-state index contributed by atoms with van der Waals surface area (Å²) < 4.78 is 0. The highest BCUT2D eigenvalue weighted by Crippen LogP contribution is 2.28. The average molecular weight is 450 g/mol. The fraction of sp³-hybridized carbons (Fsp3) is 0.889. The maximum atomic E-state index is 11.6. The molecule has 2 saturated carbocycles. The standard InChI is InChI=1S/C18H34N4O.HI/c1-2-19-18(20-13-5-9-15-7-3-4-8-15)21-14-6-10-17(23)22-16-11-12-16;/h15-16H,2-14H2,1H3,(H,22,23)(H2,19,20,21);1H. The number of guanidine groups is 1. The Labute approximate surface area is 164 Å². The zero-order valence-electron chi connectivity index (χ0n) is 15.1. The van der Waals surface area contributed by atoms with E-state index in [1.807, 2.05) is 0 Å². The number of hydrogen-bond acceptors (Lipinski definition) is 2. The normalized spacial score (nSPS) is 18.1. The molecule has 0 unspecified atom stereocenters. The number of hydrogen-bond donors (Lipinski definition) is 3. The van der Waals surface area contributed by atoms with Gasteiger partial charge in [0.05, 0.1) is 0 Å². The van der Waals surface area contributed by atoms with Crippen LogP contribution in [0.1, 0.15) is 71.1 Å². The van der Waals surface area contributed by atoms with Gasteiger partial charge in [0.25, 0.3) is 0 Å². The largest absolute Gasteiger partial charge is 0.357 e. The van der Waals surface area contributed by atoms with Crippen molar-refractivity contribution in [3.8, 4) is 0 Å². The van der Waals surface area contributed by atoms with Crippen molar-refractivity contribution in [2.24, 2.45) is 10.9 Å². The molecule has 0 saturated heterocycles. The molecule has 0 radical (unpaired) electrons. The summed E-state index contributed by atoms with van der Waals surface area (Å²) in [6.07, 6.45) is 12.0. The molecule has 0 bridgehead atoms. The van der Waals surface area contributed by atoms with Gasteiger partial charge in [-0.25, -0.2) is 0 Å². The molecule has 0 aromatic carbocycles. The van der Waals surface area contributed by atoms with Crippen LogP contribution in [0.15, 0.2) is 4.99 Å². The molecule has 0 heterocycles. The number of halogens is 1. The number of carbonyl (C=O) groups is 1. The van der Waals surface area contributed by atoms with Crippen molar-refractivity contribution in [1.29, 1.82) is 0 Å². The van der Waals surface area contributed by atoms with Gasteiger partial charge >= 0.3 is 0 Å². The lowest BCUT2D eigenvalue weighted by molar-refractivity contribution is -0.121. The predicted octanol–water partition coefficient (Wildman–Crippen LogP) is 3.19. The minimum atomic E-state index is 0. The molecule has 0 aliphatic heterocycles. The van der Waals surface area contributed by atoms with E-state index in [2.05, 4.69) is 27.9 Å². The van der Waals surface area contributed by atoms with Crippen LogP contribution in [0.25, 0.3) is 0 Å². The van der Waals surface area contributed by atoms with Gasteiger partial charge in [-0.05, 0) is 44.9 Å². The second-order valence-electron chi connectivity index (χ2n) is 6.93. The molecule has 2 aliphatic carbocycles. The molecule has 140 valence electrons. The molecule has 0 aromatic rings. The minimum Gasteiger partial charge on any atom is -0.357 e. The van der Waals surface area contributed by atoms with E-state index in [4.69, 9.17) is 0 Å². The molecular weight excluding hydrogens is 415 g/mol. The molecular formula is C18H35IN4O. The zero-order chi connectivity index (χ0) is 16.3. The van der Waals surface area contributed by atoms with Crippen LogP contribution in [-0.2, 0) is 4.79 Å². The Morgan fingerprint density at radius 1 is 1.08 bits per heavy atom. The van der Waals surface area contributed by atoms with Gasteiger partial charge in [0.2, 0.25) is 5.91 Å². The van der Waals surface area contributed by atoms with Crippen LogP contribution < -0.4 is 16.0 Å². The summed E-state index contributed by atoms with van der Waals surface area (Å²) >= 11 is 0. The van der Waals surface area contributed by atoms with E-state index in [0.29, 0.717) is 19.0 Å². The van der Waals surface area contributed by atoms with Gasteiger partial charge in [-0.15, -0.1) is 24.0 Å². The summed E-state index contributed by atoms with van der Waals surface area (Å²) in [7, 11) is 0. The third kappa shape index (κ3) is 9.69. The number of aliphatic imine (C=N–C) groups is 1. The van der Waals surface area contributed by atoms with Crippen LogP contribution in [-0.4, -0.2) is 37.5 Å². The Balaban J connectivity index is 0.00000288. The van der Waals surface area contributed by atoms with E-state index < -0.39 is 0 Å². The van der Waals surface area contributed by atoms with Gasteiger partial charge in [-0.1, -0.05) is 25.7 Å². The van der Waals surface area contributed by atoms with Crippen molar-refractivity contribution < 1.29 is 4.79 Å². The summed E-state index contributed by atoms with van der Waals surface area (Å²) in [5, 5.41) is 9.71. The Morgan fingerprint density at radius 3 is 2.50 bits per heavy atom. The average Bonchev–Trinajstić information content (AvgIpc) is 3.19. The molecule has 2 fully saturated rings. The van der Waals surface area contributed by atoms with E-state index >= 15 is 0 Å². The highest BCUT2D eigenvalue weighted by Gasteiger charge is 2.22. The van der Waals surface area contributed by atoms with Gasteiger partial charge in [0.1, 0.15) is 0 Å². The number of carbonyl (C=O) groups excluding carboxylic acids is 1. The van der Waals surface area contributed by atoms with E-state index in [1.54, 1.807) is 0 Å². The molecule has 0 spiro atoms. The topological polar surface area (TPSA) is 65.5 Å². The van der Waals surface area contributed by atoms with Crippen molar-refractivity contribution >= 4 is 35.8 Å². The van der Waals surface area contributed by atoms with Crippen LogP contribution in [0.2, 0.25) is 0 Å². The van der Waals surface area contributed by atoms with Gasteiger partial charge < -0.3 is 16.0 Å². The monoisotopic (exact) mass is 450 g/mol. The molecule has 6 heteroatoms. The number of nitrogens with one attached hydrogen (secondary N) is 3. The maximum Gasteiger partial charge on any atom is 0.220 e. The van der Waals surface area contributed by atoms with Crippen molar-refractivity contribution in [3.05, 3.63) is 0 Å². The first-order valence-electron chi connectivity index (χ1n) is 9.59. The van der Waals surface area contributed by atoms with E-state index in [1.165, 1.54) is 38.5 Å². The lowest BCUT2D eigenvalue weighted by Crippen LogP contribution is -2.38. The van der Waals surface area contributed by atoms with Crippen molar-refractivity contribution in [2.45, 2.75) is 77.2 Å². The lowest BCUT2D eigenvalue weighted by atomic mass is 10.0. The predicted molar refractivity (Wildman–Crippen MR) is 111 cm³/mol. The number of amides is 1. The summed E-state index contributed by atoms with van der Waals surface area (Å²) in [5.74, 6) is 2.03. The van der Waals surface area contributed by atoms with Crippen molar-refractivity contribution in [1.82, 2.24) is 16.0 Å². The van der Waals surface area contributed by atoms with E-state index in [0.717, 1.165) is 44.2 Å². The number of rotatable bonds is 10.